The summed E-state index contributed by atoms with van der Waals surface area (Å²) in [6.45, 7) is 4.86. The lowest BCUT2D eigenvalue weighted by Gasteiger charge is -2.17. The molecule has 2 aromatic carbocycles. The fourth-order valence-electron chi connectivity index (χ4n) is 3.57. The maximum atomic E-state index is 14.1. The molecule has 0 radical (unpaired) electrons. The van der Waals surface area contributed by atoms with Crippen LogP contribution in [0.4, 0.5) is 13.2 Å². The number of benzene rings is 2. The number of amides is 1. The van der Waals surface area contributed by atoms with Gasteiger partial charge in [0.2, 0.25) is 0 Å². The zero-order valence-electron chi connectivity index (χ0n) is 16.8. The first-order chi connectivity index (χ1) is 14.1. The summed E-state index contributed by atoms with van der Waals surface area (Å²) in [5.74, 6) is -0.551. The second-order valence-corrected chi connectivity index (χ2v) is 7.84. The van der Waals surface area contributed by atoms with Gasteiger partial charge in [-0.1, -0.05) is 54.1 Å². The lowest BCUT2D eigenvalue weighted by atomic mass is 10.0. The Morgan fingerprint density at radius 1 is 1.07 bits per heavy atom. The van der Waals surface area contributed by atoms with Crippen LogP contribution < -0.4 is 5.32 Å². The summed E-state index contributed by atoms with van der Waals surface area (Å²) in [6, 6.07) is 15.0. The van der Waals surface area contributed by atoms with E-state index in [1.165, 1.54) is 6.92 Å². The minimum atomic E-state index is -4.63. The Kier molecular flexibility index (Phi) is 6.27. The van der Waals surface area contributed by atoms with Gasteiger partial charge in [0.15, 0.2) is 0 Å². The van der Waals surface area contributed by atoms with Crippen LogP contribution in [0.25, 0.3) is 11.1 Å². The summed E-state index contributed by atoms with van der Waals surface area (Å²) in [7, 11) is 0. The number of halogens is 4. The Bertz CT molecular complexity index is 1040. The van der Waals surface area contributed by atoms with E-state index in [0.717, 1.165) is 4.57 Å². The molecule has 1 amide bonds. The standard InChI is InChI=1S/C23H22ClF3N2O/c1-14(2)28-22(30)20-19(17-9-11-18(24)12-10-17)15(3)21(23(25,26)27)29(20)13-16-7-5-4-6-8-16/h4-12,14H,13H2,1-3H3,(H,28,30). The molecule has 158 valence electrons. The molecular weight excluding hydrogens is 413 g/mol. The number of hydrogen-bond acceptors (Lipinski definition) is 1. The second-order valence-electron chi connectivity index (χ2n) is 7.40. The lowest BCUT2D eigenvalue weighted by molar-refractivity contribution is -0.143. The van der Waals surface area contributed by atoms with E-state index < -0.39 is 17.8 Å². The smallest absolute Gasteiger partial charge is 0.349 e. The first-order valence-electron chi connectivity index (χ1n) is 9.50. The molecule has 3 nitrogen and oxygen atoms in total. The maximum absolute atomic E-state index is 14.1. The molecule has 0 aliphatic rings. The summed E-state index contributed by atoms with van der Waals surface area (Å²) in [4.78, 5) is 13.1. The molecule has 1 heterocycles. The van der Waals surface area contributed by atoms with E-state index in [1.54, 1.807) is 68.4 Å². The molecule has 0 aliphatic carbocycles. The first kappa shape index (κ1) is 22.0. The van der Waals surface area contributed by atoms with Gasteiger partial charge in [0.1, 0.15) is 11.4 Å². The van der Waals surface area contributed by atoms with Crippen molar-refractivity contribution >= 4 is 17.5 Å². The van der Waals surface area contributed by atoms with E-state index in [9.17, 15) is 18.0 Å². The highest BCUT2D eigenvalue weighted by atomic mass is 35.5. The van der Waals surface area contributed by atoms with E-state index in [2.05, 4.69) is 5.32 Å². The summed E-state index contributed by atoms with van der Waals surface area (Å²) in [5, 5.41) is 3.21. The Labute approximate surface area is 178 Å². The van der Waals surface area contributed by atoms with Crippen molar-refractivity contribution < 1.29 is 18.0 Å². The van der Waals surface area contributed by atoms with Crippen LogP contribution in [-0.2, 0) is 12.7 Å². The minimum Gasteiger partial charge on any atom is -0.349 e. The lowest BCUT2D eigenvalue weighted by Crippen LogP contribution is -2.33. The van der Waals surface area contributed by atoms with Gasteiger partial charge in [-0.25, -0.2) is 0 Å². The van der Waals surface area contributed by atoms with Crippen LogP contribution in [0.1, 0.15) is 41.2 Å². The van der Waals surface area contributed by atoms with Gasteiger partial charge in [0.25, 0.3) is 5.91 Å². The van der Waals surface area contributed by atoms with Crippen molar-refractivity contribution in [3.05, 3.63) is 82.1 Å². The summed E-state index contributed by atoms with van der Waals surface area (Å²) >= 11 is 5.96. The predicted octanol–water partition coefficient (Wildman–Crippen LogP) is 6.32. The number of aromatic nitrogens is 1. The first-order valence-corrected chi connectivity index (χ1v) is 9.88. The molecule has 3 aromatic rings. The van der Waals surface area contributed by atoms with Gasteiger partial charge >= 0.3 is 6.18 Å². The predicted molar refractivity (Wildman–Crippen MR) is 113 cm³/mol. The molecule has 7 heteroatoms. The monoisotopic (exact) mass is 434 g/mol. The van der Waals surface area contributed by atoms with Crippen molar-refractivity contribution in [2.24, 2.45) is 0 Å². The third-order valence-electron chi connectivity index (χ3n) is 4.73. The number of rotatable bonds is 5. The van der Waals surface area contributed by atoms with Crippen molar-refractivity contribution in [3.8, 4) is 11.1 Å². The third kappa shape index (κ3) is 4.54. The largest absolute Gasteiger partial charge is 0.431 e. The SMILES string of the molecule is Cc1c(-c2ccc(Cl)cc2)c(C(=O)NC(C)C)n(Cc2ccccc2)c1C(F)(F)F. The molecule has 3 rings (SSSR count). The second kappa shape index (κ2) is 8.56. The highest BCUT2D eigenvalue weighted by molar-refractivity contribution is 6.30. The van der Waals surface area contributed by atoms with Gasteiger partial charge in [0, 0.05) is 23.2 Å². The van der Waals surface area contributed by atoms with Crippen molar-refractivity contribution in [3.63, 3.8) is 0 Å². The Balaban J connectivity index is 2.32. The van der Waals surface area contributed by atoms with Crippen molar-refractivity contribution in [2.75, 3.05) is 0 Å². The van der Waals surface area contributed by atoms with Crippen LogP contribution in [0.15, 0.2) is 54.6 Å². The number of hydrogen-bond donors (Lipinski definition) is 1. The van der Waals surface area contributed by atoms with Gasteiger partial charge in [-0.2, -0.15) is 13.2 Å². The normalized spacial score (nSPS) is 11.7. The van der Waals surface area contributed by atoms with Crippen LogP contribution in [0.2, 0.25) is 5.02 Å². The Morgan fingerprint density at radius 3 is 2.20 bits per heavy atom. The molecule has 1 aromatic heterocycles. The zero-order chi connectivity index (χ0) is 22.1. The fraction of sp³-hybridized carbons (Fsp3) is 0.261. The molecule has 0 saturated carbocycles. The molecule has 1 N–H and O–H groups in total. The van der Waals surface area contributed by atoms with Crippen LogP contribution in [0.5, 0.6) is 0 Å². The van der Waals surface area contributed by atoms with E-state index in [0.29, 0.717) is 16.1 Å². The van der Waals surface area contributed by atoms with E-state index in [1.807, 2.05) is 0 Å². The highest BCUT2D eigenvalue weighted by Gasteiger charge is 2.41. The minimum absolute atomic E-state index is 0.00894. The topological polar surface area (TPSA) is 34.0 Å². The molecule has 0 fully saturated rings. The summed E-state index contributed by atoms with van der Waals surface area (Å²) < 4.78 is 43.5. The zero-order valence-corrected chi connectivity index (χ0v) is 17.6. The van der Waals surface area contributed by atoms with Gasteiger partial charge in [-0.05, 0) is 49.6 Å². The molecule has 0 spiro atoms. The maximum Gasteiger partial charge on any atom is 0.431 e. The van der Waals surface area contributed by atoms with Gasteiger partial charge in [0.05, 0.1) is 0 Å². The molecule has 0 bridgehead atoms. The van der Waals surface area contributed by atoms with Gasteiger partial charge in [-0.3, -0.25) is 4.79 Å². The molecule has 30 heavy (non-hydrogen) atoms. The quantitative estimate of drug-likeness (QED) is 0.500. The van der Waals surface area contributed by atoms with Crippen molar-refractivity contribution in [1.82, 2.24) is 9.88 Å². The molecular formula is C23H22ClF3N2O. The van der Waals surface area contributed by atoms with E-state index in [-0.39, 0.29) is 29.4 Å². The van der Waals surface area contributed by atoms with E-state index in [4.69, 9.17) is 11.6 Å². The van der Waals surface area contributed by atoms with Crippen LogP contribution in [-0.4, -0.2) is 16.5 Å². The number of carbonyl (C=O) groups excluding carboxylic acids is 1. The van der Waals surface area contributed by atoms with Crippen LogP contribution in [0.3, 0.4) is 0 Å². The Morgan fingerprint density at radius 2 is 1.67 bits per heavy atom. The molecule has 0 saturated heterocycles. The average molecular weight is 435 g/mol. The summed E-state index contributed by atoms with van der Waals surface area (Å²) in [5.41, 5.74) is 0.593. The number of alkyl halides is 3. The molecule has 0 atom stereocenters. The number of nitrogens with zero attached hydrogens (tertiary/aromatic N) is 1. The van der Waals surface area contributed by atoms with Gasteiger partial charge in [-0.15, -0.1) is 0 Å². The van der Waals surface area contributed by atoms with Gasteiger partial charge < -0.3 is 9.88 Å². The highest BCUT2D eigenvalue weighted by Crippen LogP contribution is 2.41. The molecule has 0 aliphatic heterocycles. The number of carbonyl (C=O) groups is 1. The Hall–Kier alpha value is -2.73. The van der Waals surface area contributed by atoms with Crippen molar-refractivity contribution in [2.45, 2.75) is 39.5 Å². The van der Waals surface area contributed by atoms with Crippen LogP contribution in [0, 0.1) is 6.92 Å². The van der Waals surface area contributed by atoms with E-state index >= 15 is 0 Å². The third-order valence-corrected chi connectivity index (χ3v) is 4.98. The van der Waals surface area contributed by atoms with Crippen molar-refractivity contribution in [1.29, 1.82) is 0 Å². The fourth-order valence-corrected chi connectivity index (χ4v) is 3.70. The van der Waals surface area contributed by atoms with Crippen LogP contribution >= 0.6 is 11.6 Å². The average Bonchev–Trinajstić information content (AvgIpc) is 2.95. The molecule has 0 unspecified atom stereocenters. The number of nitrogens with one attached hydrogen (secondary N) is 1. The summed E-state index contributed by atoms with van der Waals surface area (Å²) in [6.07, 6.45) is -4.63.